The van der Waals surface area contributed by atoms with E-state index in [0.29, 0.717) is 29.5 Å². The number of hydrogen-bond acceptors (Lipinski definition) is 4. The first-order chi connectivity index (χ1) is 11.1. The van der Waals surface area contributed by atoms with Crippen LogP contribution < -0.4 is 0 Å². The molecule has 0 amide bonds. The average Bonchev–Trinajstić information content (AvgIpc) is 3.01. The van der Waals surface area contributed by atoms with Crippen molar-refractivity contribution in [2.45, 2.75) is 30.7 Å². The minimum absolute atomic E-state index is 0.347. The van der Waals surface area contributed by atoms with Crippen molar-refractivity contribution in [3.8, 4) is 0 Å². The highest BCUT2D eigenvalue weighted by Crippen LogP contribution is 2.29. The summed E-state index contributed by atoms with van der Waals surface area (Å²) in [6.07, 6.45) is 3.93. The molecule has 1 atom stereocenters. The lowest BCUT2D eigenvalue weighted by Gasteiger charge is -2.36. The Labute approximate surface area is 137 Å². The number of aromatic nitrogens is 1. The van der Waals surface area contributed by atoms with E-state index in [1.54, 1.807) is 16.6 Å². The minimum atomic E-state index is -3.51. The van der Waals surface area contributed by atoms with E-state index in [4.69, 9.17) is 0 Å². The molecule has 0 spiro atoms. The van der Waals surface area contributed by atoms with Gasteiger partial charge in [0.2, 0.25) is 10.0 Å². The Morgan fingerprint density at radius 3 is 2.96 bits per heavy atom. The lowest BCUT2D eigenvalue weighted by atomic mass is 10.1. The third kappa shape index (κ3) is 2.55. The summed E-state index contributed by atoms with van der Waals surface area (Å²) >= 11 is 0. The molecule has 0 radical (unpaired) electrons. The van der Waals surface area contributed by atoms with Gasteiger partial charge in [-0.15, -0.1) is 0 Å². The van der Waals surface area contributed by atoms with E-state index < -0.39 is 10.0 Å². The van der Waals surface area contributed by atoms with Crippen LogP contribution in [0.2, 0.25) is 0 Å². The first kappa shape index (κ1) is 15.1. The third-order valence-electron chi connectivity index (χ3n) is 4.98. The van der Waals surface area contributed by atoms with Crippen molar-refractivity contribution in [3.05, 3.63) is 36.0 Å². The lowest BCUT2D eigenvalue weighted by Crippen LogP contribution is -2.51. The Hall–Kier alpha value is -1.50. The van der Waals surface area contributed by atoms with Gasteiger partial charge in [-0.1, -0.05) is 6.07 Å². The summed E-state index contributed by atoms with van der Waals surface area (Å²) in [5, 5.41) is 0.880. The van der Waals surface area contributed by atoms with Crippen molar-refractivity contribution in [2.75, 3.05) is 26.2 Å². The summed E-state index contributed by atoms with van der Waals surface area (Å²) in [7, 11) is -3.51. The fraction of sp³-hybridized carbons (Fsp3) is 0.471. The summed E-state index contributed by atoms with van der Waals surface area (Å²) in [6, 6.07) is 7.88. The Balaban J connectivity index is 1.77. The summed E-state index contributed by atoms with van der Waals surface area (Å²) in [4.78, 5) is 7.10. The van der Waals surface area contributed by atoms with Crippen molar-refractivity contribution in [2.24, 2.45) is 0 Å². The van der Waals surface area contributed by atoms with E-state index in [9.17, 15) is 8.42 Å². The van der Waals surface area contributed by atoms with Crippen LogP contribution in [0.1, 0.15) is 18.4 Å². The maximum atomic E-state index is 13.2. The molecule has 122 valence electrons. The summed E-state index contributed by atoms with van der Waals surface area (Å²) in [5.74, 6) is 0. The van der Waals surface area contributed by atoms with Crippen molar-refractivity contribution in [3.63, 3.8) is 0 Å². The molecule has 2 aliphatic heterocycles. The van der Waals surface area contributed by atoms with Crippen LogP contribution in [0.15, 0.2) is 35.4 Å². The van der Waals surface area contributed by atoms with E-state index in [2.05, 4.69) is 9.88 Å². The van der Waals surface area contributed by atoms with E-state index >= 15 is 0 Å². The highest BCUT2D eigenvalue weighted by atomic mass is 32.2. The number of sulfonamides is 1. The summed E-state index contributed by atoms with van der Waals surface area (Å²) < 4.78 is 28.1. The number of nitrogens with zero attached hydrogens (tertiary/aromatic N) is 3. The second kappa shape index (κ2) is 5.54. The Morgan fingerprint density at radius 1 is 1.22 bits per heavy atom. The smallest absolute Gasteiger partial charge is 0.245 e. The van der Waals surface area contributed by atoms with Crippen LogP contribution in [0.5, 0.6) is 0 Å². The van der Waals surface area contributed by atoms with Gasteiger partial charge < -0.3 is 0 Å². The molecule has 0 saturated carbocycles. The predicted octanol–water partition coefficient (Wildman–Crippen LogP) is 2.01. The number of piperazine rings is 1. The van der Waals surface area contributed by atoms with Crippen molar-refractivity contribution in [1.29, 1.82) is 0 Å². The second-order valence-electron chi connectivity index (χ2n) is 6.53. The molecular weight excluding hydrogens is 310 g/mol. The molecule has 5 nitrogen and oxygen atoms in total. The molecule has 6 heteroatoms. The quantitative estimate of drug-likeness (QED) is 0.845. The molecule has 0 bridgehead atoms. The van der Waals surface area contributed by atoms with Crippen LogP contribution in [0.4, 0.5) is 0 Å². The predicted molar refractivity (Wildman–Crippen MR) is 89.8 cm³/mol. The topological polar surface area (TPSA) is 53.5 Å². The van der Waals surface area contributed by atoms with Gasteiger partial charge in [-0.25, -0.2) is 8.42 Å². The maximum absolute atomic E-state index is 13.2. The van der Waals surface area contributed by atoms with Crippen LogP contribution in [0.3, 0.4) is 0 Å². The fourth-order valence-corrected chi connectivity index (χ4v) is 5.54. The van der Waals surface area contributed by atoms with Gasteiger partial charge in [0.05, 0.1) is 5.52 Å². The zero-order valence-corrected chi connectivity index (χ0v) is 14.1. The van der Waals surface area contributed by atoms with Gasteiger partial charge in [0.25, 0.3) is 0 Å². The van der Waals surface area contributed by atoms with Crippen molar-refractivity contribution >= 4 is 20.9 Å². The molecule has 2 aromatic rings. The molecule has 3 heterocycles. The fourth-order valence-electron chi connectivity index (χ4n) is 3.82. The molecule has 0 aliphatic carbocycles. The van der Waals surface area contributed by atoms with E-state index in [1.807, 2.05) is 25.1 Å². The normalized spacial score (nSPS) is 23.3. The van der Waals surface area contributed by atoms with Crippen LogP contribution in [-0.4, -0.2) is 54.8 Å². The number of hydrogen-bond donors (Lipinski definition) is 0. The first-order valence-corrected chi connectivity index (χ1v) is 9.59. The van der Waals surface area contributed by atoms with Crippen LogP contribution >= 0.6 is 0 Å². The monoisotopic (exact) mass is 331 g/mol. The molecule has 0 unspecified atom stereocenters. The number of aryl methyl sites for hydroxylation is 1. The minimum Gasteiger partial charge on any atom is -0.298 e. The van der Waals surface area contributed by atoms with Gasteiger partial charge >= 0.3 is 0 Å². The molecule has 23 heavy (non-hydrogen) atoms. The number of rotatable bonds is 2. The molecule has 4 rings (SSSR count). The SMILES string of the molecule is Cc1cc(S(=O)(=O)N2CCN3CCC[C@H]3C2)c2ncccc2c1. The van der Waals surface area contributed by atoms with Gasteiger partial charge in [-0.05, 0) is 50.1 Å². The molecule has 2 saturated heterocycles. The zero-order chi connectivity index (χ0) is 16.0. The molecular formula is C17H21N3O2S. The molecule has 2 fully saturated rings. The highest BCUT2D eigenvalue weighted by Gasteiger charge is 2.37. The lowest BCUT2D eigenvalue weighted by molar-refractivity contribution is 0.158. The number of fused-ring (bicyclic) bond motifs is 2. The standard InChI is InChI=1S/C17H21N3O2S/c1-13-10-14-4-2-6-18-17(14)16(11-13)23(21,22)20-9-8-19-7-3-5-15(19)12-20/h2,4,6,10-11,15H,3,5,7-9,12H2,1H3/t15-/m0/s1. The number of benzene rings is 1. The van der Waals surface area contributed by atoms with E-state index in [-0.39, 0.29) is 0 Å². The van der Waals surface area contributed by atoms with Gasteiger partial charge in [0.1, 0.15) is 4.90 Å². The maximum Gasteiger partial charge on any atom is 0.245 e. The summed E-state index contributed by atoms with van der Waals surface area (Å²) in [6.45, 7) is 5.04. The van der Waals surface area contributed by atoms with Gasteiger partial charge in [0.15, 0.2) is 0 Å². The third-order valence-corrected chi connectivity index (χ3v) is 6.86. The van der Waals surface area contributed by atoms with Crippen molar-refractivity contribution < 1.29 is 8.42 Å². The Morgan fingerprint density at radius 2 is 2.09 bits per heavy atom. The average molecular weight is 331 g/mol. The van der Waals surface area contributed by atoms with Gasteiger partial charge in [0, 0.05) is 37.3 Å². The van der Waals surface area contributed by atoms with Crippen LogP contribution in [0, 0.1) is 6.92 Å². The van der Waals surface area contributed by atoms with Crippen molar-refractivity contribution in [1.82, 2.24) is 14.2 Å². The molecule has 0 N–H and O–H groups in total. The summed E-state index contributed by atoms with van der Waals surface area (Å²) in [5.41, 5.74) is 1.52. The van der Waals surface area contributed by atoms with Gasteiger partial charge in [-0.2, -0.15) is 4.31 Å². The van der Waals surface area contributed by atoms with Gasteiger partial charge in [-0.3, -0.25) is 9.88 Å². The first-order valence-electron chi connectivity index (χ1n) is 8.15. The highest BCUT2D eigenvalue weighted by molar-refractivity contribution is 7.89. The molecule has 2 aliphatic rings. The van der Waals surface area contributed by atoms with E-state index in [0.717, 1.165) is 30.5 Å². The number of pyridine rings is 1. The zero-order valence-electron chi connectivity index (χ0n) is 13.3. The van der Waals surface area contributed by atoms with Crippen LogP contribution in [0.25, 0.3) is 10.9 Å². The Bertz CT molecular complexity index is 850. The van der Waals surface area contributed by atoms with Crippen LogP contribution in [-0.2, 0) is 10.0 Å². The molecule has 1 aromatic heterocycles. The Kier molecular flexibility index (Phi) is 3.63. The second-order valence-corrected chi connectivity index (χ2v) is 8.44. The van der Waals surface area contributed by atoms with E-state index in [1.165, 1.54) is 6.42 Å². The molecule has 1 aromatic carbocycles. The largest absolute Gasteiger partial charge is 0.298 e.